The average Bonchev–Trinajstić information content (AvgIpc) is 3.47. The maximum atomic E-state index is 6.58. The van der Waals surface area contributed by atoms with Gasteiger partial charge in [-0.3, -0.25) is 4.98 Å². The van der Waals surface area contributed by atoms with Gasteiger partial charge in [0.2, 0.25) is 0 Å². The van der Waals surface area contributed by atoms with E-state index < -0.39 is 0 Å². The van der Waals surface area contributed by atoms with Crippen LogP contribution >= 0.6 is 23.8 Å². The van der Waals surface area contributed by atoms with Gasteiger partial charge in [0.25, 0.3) is 0 Å². The molecule has 2 unspecified atom stereocenters. The fourth-order valence-electron chi connectivity index (χ4n) is 5.36. The summed E-state index contributed by atoms with van der Waals surface area (Å²) < 4.78 is 2.27. The van der Waals surface area contributed by atoms with Crippen molar-refractivity contribution in [2.45, 2.75) is 57.7 Å². The monoisotopic (exact) mass is 450 g/mol. The number of thiocarbonyl (C=S) groups is 1. The average molecular weight is 451 g/mol. The van der Waals surface area contributed by atoms with Gasteiger partial charge in [-0.05, 0) is 74.8 Å². The predicted octanol–water partition coefficient (Wildman–Crippen LogP) is 6.06. The predicted molar refractivity (Wildman–Crippen MR) is 130 cm³/mol. The van der Waals surface area contributed by atoms with Crippen LogP contribution in [0.3, 0.4) is 0 Å². The number of hydrogen-bond acceptors (Lipinski definition) is 2. The van der Waals surface area contributed by atoms with E-state index in [1.54, 1.807) is 0 Å². The van der Waals surface area contributed by atoms with Crippen molar-refractivity contribution in [2.24, 2.45) is 0 Å². The van der Waals surface area contributed by atoms with Crippen molar-refractivity contribution in [1.82, 2.24) is 19.8 Å². The molecule has 0 radical (unpaired) electrons. The summed E-state index contributed by atoms with van der Waals surface area (Å²) in [6, 6.07) is 17.0. The van der Waals surface area contributed by atoms with Crippen LogP contribution in [0.15, 0.2) is 54.7 Å². The van der Waals surface area contributed by atoms with E-state index in [2.05, 4.69) is 57.9 Å². The molecule has 0 spiro atoms. The van der Waals surface area contributed by atoms with Crippen molar-refractivity contribution in [3.05, 3.63) is 82.4 Å². The molecule has 0 amide bonds. The standard InChI is InChI=1S/C25H27ClN4S/c1-16-15-19(17(2)29(16)22-13-6-5-11-20(22)26)24-23(21-12-7-8-14-27-21)28-25(31)30(24)18-9-3-4-10-18/h5-8,11-15,18,23-24H,3-4,9-10H2,1-2H3,(H,28,31). The summed E-state index contributed by atoms with van der Waals surface area (Å²) in [6.07, 6.45) is 6.78. The number of aromatic nitrogens is 2. The van der Waals surface area contributed by atoms with E-state index in [0.717, 1.165) is 21.5 Å². The largest absolute Gasteiger partial charge is 0.352 e. The van der Waals surface area contributed by atoms with Crippen LogP contribution in [0, 0.1) is 13.8 Å². The number of aryl methyl sites for hydroxylation is 1. The van der Waals surface area contributed by atoms with Gasteiger partial charge < -0.3 is 14.8 Å². The van der Waals surface area contributed by atoms with Gasteiger partial charge >= 0.3 is 0 Å². The third kappa shape index (κ3) is 3.54. The van der Waals surface area contributed by atoms with Gasteiger partial charge in [0.15, 0.2) is 5.11 Å². The van der Waals surface area contributed by atoms with Crippen LogP contribution < -0.4 is 5.32 Å². The zero-order valence-corrected chi connectivity index (χ0v) is 19.5. The highest BCUT2D eigenvalue weighted by atomic mass is 35.5. The summed E-state index contributed by atoms with van der Waals surface area (Å²) >= 11 is 12.5. The molecule has 4 nitrogen and oxygen atoms in total. The molecule has 5 rings (SSSR count). The van der Waals surface area contributed by atoms with Crippen molar-refractivity contribution < 1.29 is 0 Å². The normalized spacial score (nSPS) is 21.6. The highest BCUT2D eigenvalue weighted by molar-refractivity contribution is 7.80. The van der Waals surface area contributed by atoms with Crippen LogP contribution in [0.25, 0.3) is 5.69 Å². The summed E-state index contributed by atoms with van der Waals surface area (Å²) in [6.45, 7) is 4.34. The fourth-order valence-corrected chi connectivity index (χ4v) is 5.97. The lowest BCUT2D eigenvalue weighted by Crippen LogP contribution is -2.37. The number of nitrogens with zero attached hydrogens (tertiary/aromatic N) is 3. The molecule has 6 heteroatoms. The highest BCUT2D eigenvalue weighted by Gasteiger charge is 2.44. The highest BCUT2D eigenvalue weighted by Crippen LogP contribution is 2.45. The van der Waals surface area contributed by atoms with E-state index in [9.17, 15) is 0 Å². The van der Waals surface area contributed by atoms with Gasteiger partial charge in [-0.25, -0.2) is 0 Å². The summed E-state index contributed by atoms with van der Waals surface area (Å²) in [4.78, 5) is 7.15. The van der Waals surface area contributed by atoms with E-state index in [4.69, 9.17) is 23.8 Å². The van der Waals surface area contributed by atoms with Gasteiger partial charge in [0.1, 0.15) is 0 Å². The van der Waals surface area contributed by atoms with Crippen molar-refractivity contribution in [1.29, 1.82) is 0 Å². The van der Waals surface area contributed by atoms with Crippen LogP contribution in [0.5, 0.6) is 0 Å². The van der Waals surface area contributed by atoms with E-state index >= 15 is 0 Å². The minimum absolute atomic E-state index is 0.0227. The Balaban J connectivity index is 1.65. The molecule has 2 aromatic heterocycles. The Hall–Kier alpha value is -2.37. The first-order valence-corrected chi connectivity index (χ1v) is 11.8. The molecule has 1 N–H and O–H groups in total. The summed E-state index contributed by atoms with van der Waals surface area (Å²) in [5.41, 5.74) is 5.70. The van der Waals surface area contributed by atoms with Crippen molar-refractivity contribution in [3.63, 3.8) is 0 Å². The first kappa shape index (κ1) is 20.5. The third-order valence-corrected chi connectivity index (χ3v) is 7.38. The Bertz CT molecular complexity index is 1100. The lowest BCUT2D eigenvalue weighted by molar-refractivity contribution is 0.245. The summed E-state index contributed by atoms with van der Waals surface area (Å²) in [5, 5.41) is 5.21. The minimum atomic E-state index is 0.0227. The molecule has 2 atom stereocenters. The second-order valence-electron chi connectivity index (χ2n) is 8.59. The first-order chi connectivity index (χ1) is 15.1. The number of pyridine rings is 1. The minimum Gasteiger partial charge on any atom is -0.352 e. The number of halogens is 1. The molecule has 1 saturated heterocycles. The van der Waals surface area contributed by atoms with Crippen LogP contribution in [0.4, 0.5) is 0 Å². The molecule has 1 aliphatic carbocycles. The van der Waals surface area contributed by atoms with Crippen LogP contribution in [-0.4, -0.2) is 25.6 Å². The number of benzene rings is 1. The van der Waals surface area contributed by atoms with E-state index in [-0.39, 0.29) is 12.1 Å². The molecule has 0 bridgehead atoms. The van der Waals surface area contributed by atoms with Gasteiger partial charge in [-0.2, -0.15) is 0 Å². The maximum Gasteiger partial charge on any atom is 0.170 e. The Kier molecular flexibility index (Phi) is 5.49. The van der Waals surface area contributed by atoms with Crippen LogP contribution in [0.2, 0.25) is 5.02 Å². The molecule has 1 aromatic carbocycles. The number of nitrogens with one attached hydrogen (secondary N) is 1. The Morgan fingerprint density at radius 2 is 1.81 bits per heavy atom. The summed E-state index contributed by atoms with van der Waals surface area (Å²) in [7, 11) is 0. The lowest BCUT2D eigenvalue weighted by Gasteiger charge is -2.33. The number of rotatable bonds is 4. The molecule has 3 heterocycles. The lowest BCUT2D eigenvalue weighted by atomic mass is 9.95. The van der Waals surface area contributed by atoms with E-state index in [0.29, 0.717) is 6.04 Å². The van der Waals surface area contributed by atoms with E-state index in [1.807, 2.05) is 30.5 Å². The molecule has 1 aliphatic heterocycles. The van der Waals surface area contributed by atoms with Crippen LogP contribution in [-0.2, 0) is 0 Å². The first-order valence-electron chi connectivity index (χ1n) is 11.0. The van der Waals surface area contributed by atoms with Crippen molar-refractivity contribution in [2.75, 3.05) is 0 Å². The molecule has 2 fully saturated rings. The van der Waals surface area contributed by atoms with Crippen LogP contribution in [0.1, 0.15) is 60.4 Å². The number of para-hydroxylation sites is 1. The quantitative estimate of drug-likeness (QED) is 0.490. The van der Waals surface area contributed by atoms with E-state index in [1.165, 1.54) is 42.6 Å². The second kappa shape index (κ2) is 8.29. The maximum absolute atomic E-state index is 6.58. The van der Waals surface area contributed by atoms with Crippen molar-refractivity contribution >= 4 is 28.9 Å². The van der Waals surface area contributed by atoms with Gasteiger partial charge in [-0.1, -0.05) is 42.6 Å². The zero-order valence-electron chi connectivity index (χ0n) is 17.9. The smallest absolute Gasteiger partial charge is 0.170 e. The van der Waals surface area contributed by atoms with Gasteiger partial charge in [0.05, 0.1) is 28.5 Å². The molecule has 31 heavy (non-hydrogen) atoms. The van der Waals surface area contributed by atoms with Gasteiger partial charge in [-0.15, -0.1) is 0 Å². The molecular formula is C25H27ClN4S. The molecule has 160 valence electrons. The van der Waals surface area contributed by atoms with Crippen molar-refractivity contribution in [3.8, 4) is 5.69 Å². The third-order valence-electron chi connectivity index (χ3n) is 6.74. The topological polar surface area (TPSA) is 33.1 Å². The number of hydrogen-bond donors (Lipinski definition) is 1. The Morgan fingerprint density at radius 3 is 2.52 bits per heavy atom. The molecule has 3 aromatic rings. The second-order valence-corrected chi connectivity index (χ2v) is 9.38. The fraction of sp³-hybridized carbons (Fsp3) is 0.360. The molecule has 1 saturated carbocycles. The zero-order chi connectivity index (χ0) is 21.5. The SMILES string of the molecule is Cc1cc(C2C(c3ccccn3)NC(=S)N2C2CCCC2)c(C)n1-c1ccccc1Cl. The molecular weight excluding hydrogens is 424 g/mol. The summed E-state index contributed by atoms with van der Waals surface area (Å²) in [5.74, 6) is 0. The van der Waals surface area contributed by atoms with Gasteiger partial charge in [0, 0.05) is 23.6 Å². The molecule has 2 aliphatic rings. The Labute approximate surface area is 194 Å². The Morgan fingerprint density at radius 1 is 1.06 bits per heavy atom.